The van der Waals surface area contributed by atoms with E-state index in [4.69, 9.17) is 0 Å². The Balaban J connectivity index is 2.40. The standard InChI is InChI=1S/C14H15NOS/c1-3-15(13-7-5-4-6-11(13)2)14-9-8-12(10-16)17-14/h4-10H,3H2,1-2H3. The summed E-state index contributed by atoms with van der Waals surface area (Å²) in [4.78, 5) is 13.7. The second-order valence-electron chi connectivity index (χ2n) is 3.82. The average molecular weight is 245 g/mol. The van der Waals surface area contributed by atoms with Gasteiger partial charge < -0.3 is 4.90 Å². The molecule has 0 N–H and O–H groups in total. The lowest BCUT2D eigenvalue weighted by atomic mass is 10.2. The number of carbonyl (C=O) groups excluding carboxylic acids is 1. The van der Waals surface area contributed by atoms with Crippen LogP contribution < -0.4 is 4.90 Å². The quantitative estimate of drug-likeness (QED) is 0.758. The molecule has 1 aromatic heterocycles. The Bertz CT molecular complexity index is 518. The zero-order valence-electron chi connectivity index (χ0n) is 10.0. The molecule has 0 amide bonds. The summed E-state index contributed by atoms with van der Waals surface area (Å²) in [6.07, 6.45) is 0.903. The highest BCUT2D eigenvalue weighted by Gasteiger charge is 2.11. The van der Waals surface area contributed by atoms with Gasteiger partial charge in [0, 0.05) is 12.2 Å². The Hall–Kier alpha value is -1.61. The molecule has 0 unspecified atom stereocenters. The summed E-state index contributed by atoms with van der Waals surface area (Å²) in [6.45, 7) is 5.11. The van der Waals surface area contributed by atoms with Gasteiger partial charge in [-0.1, -0.05) is 18.2 Å². The van der Waals surface area contributed by atoms with Gasteiger partial charge in [0.25, 0.3) is 0 Å². The van der Waals surface area contributed by atoms with Gasteiger partial charge in [-0.3, -0.25) is 4.79 Å². The van der Waals surface area contributed by atoms with E-state index in [1.54, 1.807) is 0 Å². The smallest absolute Gasteiger partial charge is 0.160 e. The van der Waals surface area contributed by atoms with E-state index in [2.05, 4.69) is 30.9 Å². The highest BCUT2D eigenvalue weighted by Crippen LogP contribution is 2.32. The summed E-state index contributed by atoms with van der Waals surface area (Å²) >= 11 is 1.53. The van der Waals surface area contributed by atoms with Crippen LogP contribution in [0.3, 0.4) is 0 Å². The first-order valence-corrected chi connectivity index (χ1v) is 6.46. The highest BCUT2D eigenvalue weighted by molar-refractivity contribution is 7.17. The number of para-hydroxylation sites is 1. The van der Waals surface area contributed by atoms with Gasteiger partial charge in [0.1, 0.15) is 0 Å². The molecule has 0 bridgehead atoms. The normalized spacial score (nSPS) is 10.2. The van der Waals surface area contributed by atoms with Crippen molar-refractivity contribution in [2.75, 3.05) is 11.4 Å². The van der Waals surface area contributed by atoms with Gasteiger partial charge >= 0.3 is 0 Å². The summed E-state index contributed by atoms with van der Waals surface area (Å²) < 4.78 is 0. The molecule has 2 rings (SSSR count). The van der Waals surface area contributed by atoms with Crippen LogP contribution in [0.15, 0.2) is 36.4 Å². The number of hydrogen-bond acceptors (Lipinski definition) is 3. The third-order valence-corrected chi connectivity index (χ3v) is 3.75. The third-order valence-electron chi connectivity index (χ3n) is 2.72. The van der Waals surface area contributed by atoms with Crippen LogP contribution in [0.2, 0.25) is 0 Å². The minimum Gasteiger partial charge on any atom is -0.333 e. The summed E-state index contributed by atoms with van der Waals surface area (Å²) in [5, 5.41) is 1.11. The van der Waals surface area contributed by atoms with Crippen molar-refractivity contribution in [3.05, 3.63) is 46.8 Å². The Morgan fingerprint density at radius 1 is 1.24 bits per heavy atom. The van der Waals surface area contributed by atoms with Crippen molar-refractivity contribution < 1.29 is 4.79 Å². The molecule has 1 aromatic carbocycles. The topological polar surface area (TPSA) is 20.3 Å². The summed E-state index contributed by atoms with van der Waals surface area (Å²) in [6, 6.07) is 12.2. The van der Waals surface area contributed by atoms with E-state index in [-0.39, 0.29) is 0 Å². The molecule has 2 nitrogen and oxygen atoms in total. The molecule has 0 aliphatic rings. The number of aldehydes is 1. The first kappa shape index (κ1) is 11.9. The van der Waals surface area contributed by atoms with Crippen LogP contribution in [0.4, 0.5) is 10.7 Å². The van der Waals surface area contributed by atoms with Gasteiger partial charge in [-0.05, 0) is 37.6 Å². The van der Waals surface area contributed by atoms with E-state index in [1.807, 2.05) is 24.3 Å². The van der Waals surface area contributed by atoms with Crippen LogP contribution in [0.25, 0.3) is 0 Å². The van der Waals surface area contributed by atoms with E-state index in [0.29, 0.717) is 0 Å². The van der Waals surface area contributed by atoms with Crippen LogP contribution in [-0.4, -0.2) is 12.8 Å². The van der Waals surface area contributed by atoms with Crippen LogP contribution in [0.1, 0.15) is 22.2 Å². The molecule has 17 heavy (non-hydrogen) atoms. The van der Waals surface area contributed by atoms with Gasteiger partial charge in [-0.15, -0.1) is 11.3 Å². The van der Waals surface area contributed by atoms with Gasteiger partial charge in [0.2, 0.25) is 0 Å². The van der Waals surface area contributed by atoms with Crippen LogP contribution >= 0.6 is 11.3 Å². The van der Waals surface area contributed by atoms with E-state index in [1.165, 1.54) is 22.6 Å². The van der Waals surface area contributed by atoms with Crippen LogP contribution in [0.5, 0.6) is 0 Å². The van der Waals surface area contributed by atoms with Crippen molar-refractivity contribution in [2.45, 2.75) is 13.8 Å². The molecule has 3 heteroatoms. The summed E-state index contributed by atoms with van der Waals surface area (Å²) in [5.41, 5.74) is 2.45. The molecule has 2 aromatic rings. The fraction of sp³-hybridized carbons (Fsp3) is 0.214. The number of hydrogen-bond donors (Lipinski definition) is 0. The fourth-order valence-electron chi connectivity index (χ4n) is 1.86. The lowest BCUT2D eigenvalue weighted by Gasteiger charge is -2.23. The molecule has 0 fully saturated rings. The molecule has 88 valence electrons. The Kier molecular flexibility index (Phi) is 3.59. The second kappa shape index (κ2) is 5.15. The van der Waals surface area contributed by atoms with E-state index >= 15 is 0 Å². The Morgan fingerprint density at radius 3 is 2.59 bits per heavy atom. The number of benzene rings is 1. The van der Waals surface area contributed by atoms with Crippen molar-refractivity contribution in [1.82, 2.24) is 0 Å². The minimum atomic E-state index is 0.770. The van der Waals surface area contributed by atoms with Gasteiger partial charge in [0.15, 0.2) is 6.29 Å². The summed E-state index contributed by atoms with van der Waals surface area (Å²) in [7, 11) is 0. The molecule has 0 atom stereocenters. The van der Waals surface area contributed by atoms with Gasteiger partial charge in [0.05, 0.1) is 9.88 Å². The van der Waals surface area contributed by atoms with Gasteiger partial charge in [-0.25, -0.2) is 0 Å². The number of anilines is 2. The van der Waals surface area contributed by atoms with E-state index in [9.17, 15) is 4.79 Å². The maximum atomic E-state index is 10.7. The SMILES string of the molecule is CCN(c1ccc(C=O)s1)c1ccccc1C. The Morgan fingerprint density at radius 2 is 2.00 bits per heavy atom. The fourth-order valence-corrected chi connectivity index (χ4v) is 2.76. The first-order valence-electron chi connectivity index (χ1n) is 5.64. The lowest BCUT2D eigenvalue weighted by molar-refractivity contribution is 0.112. The first-order chi connectivity index (χ1) is 8.26. The molecule has 0 radical (unpaired) electrons. The van der Waals surface area contributed by atoms with Crippen molar-refractivity contribution in [3.8, 4) is 0 Å². The lowest BCUT2D eigenvalue weighted by Crippen LogP contribution is -2.15. The number of nitrogens with zero attached hydrogens (tertiary/aromatic N) is 1. The van der Waals surface area contributed by atoms with Crippen LogP contribution in [-0.2, 0) is 0 Å². The maximum Gasteiger partial charge on any atom is 0.160 e. The average Bonchev–Trinajstić information content (AvgIpc) is 2.81. The number of thiophene rings is 1. The molecule has 0 aliphatic carbocycles. The highest BCUT2D eigenvalue weighted by atomic mass is 32.1. The molecule has 0 saturated carbocycles. The largest absolute Gasteiger partial charge is 0.333 e. The van der Waals surface area contributed by atoms with Crippen LogP contribution in [0, 0.1) is 6.92 Å². The van der Waals surface area contributed by atoms with E-state index < -0.39 is 0 Å². The van der Waals surface area contributed by atoms with E-state index in [0.717, 1.165) is 22.7 Å². The monoisotopic (exact) mass is 245 g/mol. The molecular formula is C14H15NOS. The number of carbonyl (C=O) groups is 1. The second-order valence-corrected chi connectivity index (χ2v) is 4.92. The third kappa shape index (κ3) is 2.39. The number of rotatable bonds is 4. The van der Waals surface area contributed by atoms with Crippen molar-refractivity contribution >= 4 is 28.3 Å². The predicted molar refractivity (Wildman–Crippen MR) is 73.6 cm³/mol. The molecule has 0 aliphatic heterocycles. The predicted octanol–water partition coefficient (Wildman–Crippen LogP) is 4.03. The molecule has 0 saturated heterocycles. The molecule has 1 heterocycles. The summed E-state index contributed by atoms with van der Waals surface area (Å²) in [5.74, 6) is 0. The van der Waals surface area contributed by atoms with Crippen molar-refractivity contribution in [2.24, 2.45) is 0 Å². The van der Waals surface area contributed by atoms with Crippen molar-refractivity contribution in [3.63, 3.8) is 0 Å². The molecular weight excluding hydrogens is 230 g/mol. The zero-order valence-corrected chi connectivity index (χ0v) is 10.8. The minimum absolute atomic E-state index is 0.770. The van der Waals surface area contributed by atoms with Crippen molar-refractivity contribution in [1.29, 1.82) is 0 Å². The molecule has 0 spiro atoms. The maximum absolute atomic E-state index is 10.7. The number of aryl methyl sites for hydroxylation is 1. The van der Waals surface area contributed by atoms with Gasteiger partial charge in [-0.2, -0.15) is 0 Å². The Labute approximate surface area is 106 Å². The zero-order chi connectivity index (χ0) is 12.3.